The van der Waals surface area contributed by atoms with Crippen molar-refractivity contribution in [3.63, 3.8) is 0 Å². The summed E-state index contributed by atoms with van der Waals surface area (Å²) in [6.07, 6.45) is 4.25. The Morgan fingerprint density at radius 1 is 0.462 bits per heavy atom. The van der Waals surface area contributed by atoms with Crippen molar-refractivity contribution in [2.24, 2.45) is 86.7 Å². The zero-order valence-electron chi connectivity index (χ0n) is 20.8. The van der Waals surface area contributed by atoms with E-state index < -0.39 is 0 Å². The fourth-order valence-corrected chi connectivity index (χ4v) is 2.81. The molecule has 0 bridgehead atoms. The number of hydrogen-bond donors (Lipinski definition) is 8. The molecule has 39 heavy (non-hydrogen) atoms. The van der Waals surface area contributed by atoms with Crippen LogP contribution in [0.15, 0.2) is 89.3 Å². The van der Waals surface area contributed by atoms with E-state index in [2.05, 4.69) is 40.8 Å². The van der Waals surface area contributed by atoms with E-state index in [0.717, 1.165) is 24.0 Å². The van der Waals surface area contributed by atoms with Crippen molar-refractivity contribution < 1.29 is 0 Å². The van der Waals surface area contributed by atoms with Crippen LogP contribution >= 0.6 is 12.4 Å². The summed E-state index contributed by atoms with van der Waals surface area (Å²) in [5.74, 6) is -0.781. The molecular weight excluding hydrogens is 524 g/mol. The van der Waals surface area contributed by atoms with Gasteiger partial charge in [-0.1, -0.05) is 48.5 Å². The van der Waals surface area contributed by atoms with E-state index in [1.807, 2.05) is 48.5 Å². The van der Waals surface area contributed by atoms with Crippen molar-refractivity contribution in [2.45, 2.75) is 12.8 Å². The van der Waals surface area contributed by atoms with Crippen molar-refractivity contribution in [3.8, 4) is 0 Å². The highest BCUT2D eigenvalue weighted by Gasteiger charge is 2.05. The summed E-state index contributed by atoms with van der Waals surface area (Å²) in [6.45, 7) is 0. The summed E-state index contributed by atoms with van der Waals surface area (Å²) in [4.78, 5) is 0. The number of nitrogens with two attached hydrogens (primary N) is 8. The van der Waals surface area contributed by atoms with Gasteiger partial charge in [-0.3, -0.25) is 0 Å². The first-order chi connectivity index (χ1) is 18.1. The quantitative estimate of drug-likeness (QED) is 0.0902. The van der Waals surface area contributed by atoms with Crippen LogP contribution in [0.25, 0.3) is 0 Å². The first-order valence-corrected chi connectivity index (χ1v) is 10.9. The molecule has 0 saturated heterocycles. The van der Waals surface area contributed by atoms with Crippen LogP contribution in [0.3, 0.4) is 0 Å². The zero-order chi connectivity index (χ0) is 27.9. The third-order valence-corrected chi connectivity index (χ3v) is 4.45. The minimum Gasteiger partial charge on any atom is -0.369 e. The molecule has 0 aliphatic heterocycles. The average molecular weight is 555 g/mol. The van der Waals surface area contributed by atoms with Gasteiger partial charge in [0, 0.05) is 11.1 Å². The molecule has 17 heteroatoms. The number of guanidine groups is 4. The molecule has 0 radical (unpaired) electrons. The fraction of sp³-hybridized carbons (Fsp3) is 0.0909. The normalized spacial score (nSPS) is 11.5. The molecule has 2 aromatic rings. The molecule has 16 nitrogen and oxygen atoms in total. The molecule has 0 saturated carbocycles. The molecule has 2 aromatic carbocycles. The summed E-state index contributed by atoms with van der Waals surface area (Å²) >= 11 is 0. The van der Waals surface area contributed by atoms with E-state index in [1.54, 1.807) is 0 Å². The van der Waals surface area contributed by atoms with Crippen LogP contribution in [0.5, 0.6) is 0 Å². The lowest BCUT2D eigenvalue weighted by Gasteiger charge is -2.06. The molecular formula is C22H31ClN16. The molecule has 206 valence electrons. The minimum atomic E-state index is -0.198. The number of rotatable bonds is 11. The number of hydrogen-bond acceptors (Lipinski definition) is 8. The van der Waals surface area contributed by atoms with Crippen molar-refractivity contribution in [2.75, 3.05) is 0 Å². The van der Waals surface area contributed by atoms with E-state index in [9.17, 15) is 0 Å². The first-order valence-electron chi connectivity index (χ1n) is 10.9. The molecule has 0 aliphatic rings. The second-order valence-corrected chi connectivity index (χ2v) is 7.45. The number of halogens is 1. The Balaban J connectivity index is 0.00000760. The Bertz CT molecular complexity index is 1200. The summed E-state index contributed by atoms with van der Waals surface area (Å²) in [5, 5.41) is 29.9. The SMILES string of the molecule is Cl.NC(N)=N/N=C(\C=N\N=C(N)N)c1ccc(CCc2ccc(C(/C=N/N=C(N)N)=N\N=C(N)N)cc2)cc1. The molecule has 0 unspecified atom stereocenters. The molecule has 16 N–H and O–H groups in total. The van der Waals surface area contributed by atoms with Gasteiger partial charge in [-0.2, -0.15) is 10.2 Å². The van der Waals surface area contributed by atoms with Gasteiger partial charge in [0.2, 0.25) is 23.8 Å². The predicted octanol–water partition coefficient (Wildman–Crippen LogP) is -1.63. The lowest BCUT2D eigenvalue weighted by atomic mass is 10.0. The predicted molar refractivity (Wildman–Crippen MR) is 161 cm³/mol. The standard InChI is InChI=1S/C22H30N16.ClH/c23-19(24)35-31-11-17(33-37-21(27)28)15-7-3-13(4-8-15)1-2-14-5-9-16(10-6-14)18(34-38-22(29)30)12-32-36-20(25)26;/h3-12H,1-2H2,(H4,23,24,35)(H4,25,26,36)(H4,27,28,37)(H4,29,30,38);1H/b31-11+,32-12+,33-17-,34-18+;. The topological polar surface area (TPSA) is 307 Å². The average Bonchev–Trinajstić information content (AvgIpc) is 2.87. The van der Waals surface area contributed by atoms with Crippen LogP contribution < -0.4 is 45.9 Å². The summed E-state index contributed by atoms with van der Waals surface area (Å²) in [7, 11) is 0. The molecule has 0 fully saturated rings. The van der Waals surface area contributed by atoms with Gasteiger partial charge in [-0.15, -0.1) is 43.0 Å². The van der Waals surface area contributed by atoms with Gasteiger partial charge < -0.3 is 45.9 Å². The lowest BCUT2D eigenvalue weighted by molar-refractivity contribution is 0.960. The van der Waals surface area contributed by atoms with Gasteiger partial charge in [0.15, 0.2) is 0 Å². The maximum atomic E-state index is 5.37. The van der Waals surface area contributed by atoms with Gasteiger partial charge in [-0.05, 0) is 24.0 Å². The highest BCUT2D eigenvalue weighted by Crippen LogP contribution is 2.12. The van der Waals surface area contributed by atoms with E-state index in [4.69, 9.17) is 45.9 Å². The number of benzene rings is 2. The summed E-state index contributed by atoms with van der Waals surface area (Å²) in [5.41, 5.74) is 47.0. The van der Waals surface area contributed by atoms with E-state index in [0.29, 0.717) is 22.6 Å². The summed E-state index contributed by atoms with van der Waals surface area (Å²) in [6, 6.07) is 15.3. The second-order valence-electron chi connectivity index (χ2n) is 7.45. The third kappa shape index (κ3) is 12.3. The Morgan fingerprint density at radius 3 is 1.05 bits per heavy atom. The highest BCUT2D eigenvalue weighted by atomic mass is 35.5. The minimum absolute atomic E-state index is 0. The maximum absolute atomic E-state index is 5.37. The lowest BCUT2D eigenvalue weighted by Crippen LogP contribution is -2.22. The van der Waals surface area contributed by atoms with Gasteiger partial charge in [-0.25, -0.2) is 0 Å². The first kappa shape index (κ1) is 31.5. The molecule has 0 amide bonds. The van der Waals surface area contributed by atoms with Crippen LogP contribution in [-0.4, -0.2) is 47.7 Å². The van der Waals surface area contributed by atoms with Crippen molar-refractivity contribution >= 4 is 60.1 Å². The largest absolute Gasteiger partial charge is 0.369 e. The van der Waals surface area contributed by atoms with Crippen LogP contribution in [0.1, 0.15) is 22.3 Å². The van der Waals surface area contributed by atoms with Gasteiger partial charge in [0.25, 0.3) is 0 Å². The Kier molecular flexibility index (Phi) is 13.2. The Hall–Kier alpha value is -5.51. The van der Waals surface area contributed by atoms with Crippen molar-refractivity contribution in [1.82, 2.24) is 0 Å². The highest BCUT2D eigenvalue weighted by molar-refractivity contribution is 6.38. The monoisotopic (exact) mass is 554 g/mol. The third-order valence-electron chi connectivity index (χ3n) is 4.45. The number of aryl methyl sites for hydroxylation is 2. The van der Waals surface area contributed by atoms with E-state index in [-0.39, 0.29) is 36.2 Å². The fourth-order valence-electron chi connectivity index (χ4n) is 2.81. The maximum Gasteiger partial charge on any atom is 0.211 e. The van der Waals surface area contributed by atoms with Crippen LogP contribution in [0, 0.1) is 0 Å². The molecule has 2 rings (SSSR count). The Labute approximate surface area is 230 Å². The number of nitrogens with zero attached hydrogens (tertiary/aromatic N) is 8. The second kappa shape index (κ2) is 16.3. The Morgan fingerprint density at radius 2 is 0.769 bits per heavy atom. The van der Waals surface area contributed by atoms with Crippen molar-refractivity contribution in [3.05, 3.63) is 70.8 Å². The summed E-state index contributed by atoms with van der Waals surface area (Å²) < 4.78 is 0. The molecule has 0 heterocycles. The molecule has 0 spiro atoms. The van der Waals surface area contributed by atoms with Crippen LogP contribution in [0.4, 0.5) is 0 Å². The van der Waals surface area contributed by atoms with Crippen LogP contribution in [-0.2, 0) is 12.8 Å². The van der Waals surface area contributed by atoms with E-state index in [1.165, 1.54) is 12.4 Å². The zero-order valence-corrected chi connectivity index (χ0v) is 21.6. The molecule has 0 atom stereocenters. The van der Waals surface area contributed by atoms with Gasteiger partial charge in [0.05, 0.1) is 12.4 Å². The van der Waals surface area contributed by atoms with Gasteiger partial charge >= 0.3 is 0 Å². The van der Waals surface area contributed by atoms with E-state index >= 15 is 0 Å². The molecule has 0 aliphatic carbocycles. The van der Waals surface area contributed by atoms with Gasteiger partial charge in [0.1, 0.15) is 11.4 Å². The molecule has 0 aromatic heterocycles. The smallest absolute Gasteiger partial charge is 0.211 e. The van der Waals surface area contributed by atoms with Crippen molar-refractivity contribution in [1.29, 1.82) is 0 Å². The van der Waals surface area contributed by atoms with Crippen LogP contribution in [0.2, 0.25) is 0 Å².